The minimum atomic E-state index is -1.04. The molecule has 0 bridgehead atoms. The summed E-state index contributed by atoms with van der Waals surface area (Å²) in [7, 11) is 0.847. The molecule has 0 aliphatic carbocycles. The van der Waals surface area contributed by atoms with Gasteiger partial charge in [-0.05, 0) is 12.1 Å². The zero-order valence-electron chi connectivity index (χ0n) is 8.65. The first-order valence-corrected chi connectivity index (χ1v) is 5.71. The second kappa shape index (κ2) is 3.14. The van der Waals surface area contributed by atoms with Crippen LogP contribution in [-0.2, 0) is 16.4 Å². The molecule has 0 aromatic carbocycles. The molecule has 0 fully saturated rings. The molecule has 0 radical (unpaired) electrons. The molecule has 1 atom stereocenters. The number of hydrogen-bond donors (Lipinski definition) is 0. The molecular formula is C10H14N2OS. The van der Waals surface area contributed by atoms with Gasteiger partial charge in [0.05, 0.1) is 10.6 Å². The van der Waals surface area contributed by atoms with Crippen molar-refractivity contribution in [3.63, 3.8) is 0 Å². The topological polar surface area (TPSA) is 33.2 Å². The van der Waals surface area contributed by atoms with E-state index in [-0.39, 0.29) is 5.41 Å². The lowest BCUT2D eigenvalue weighted by molar-refractivity contribution is 0.360. The summed E-state index contributed by atoms with van der Waals surface area (Å²) >= 11 is 0. The van der Waals surface area contributed by atoms with E-state index in [1.807, 2.05) is 23.5 Å². The highest BCUT2D eigenvalue weighted by molar-refractivity contribution is 7.82. The molecule has 1 aromatic rings. The van der Waals surface area contributed by atoms with Gasteiger partial charge in [-0.3, -0.25) is 4.98 Å². The lowest BCUT2D eigenvalue weighted by Crippen LogP contribution is -2.42. The number of nitrogens with zero attached hydrogens (tertiary/aromatic N) is 2. The highest BCUT2D eigenvalue weighted by Gasteiger charge is 2.35. The number of hydrogen-bond acceptors (Lipinski definition) is 2. The Morgan fingerprint density at radius 3 is 3.00 bits per heavy atom. The predicted octanol–water partition coefficient (Wildman–Crippen LogP) is 1.33. The lowest BCUT2D eigenvalue weighted by Gasteiger charge is -2.35. The molecule has 1 unspecified atom stereocenters. The average molecular weight is 210 g/mol. The number of pyridine rings is 1. The fraction of sp³-hybridized carbons (Fsp3) is 0.500. The number of likely N-dealkylation sites (N-methyl/N-ethyl adjacent to an activating group) is 1. The monoisotopic (exact) mass is 210 g/mol. The largest absolute Gasteiger partial charge is 0.259 e. The Balaban J connectivity index is 2.62. The maximum Gasteiger partial charge on any atom is 0.129 e. The molecule has 2 rings (SSSR count). The minimum absolute atomic E-state index is 0.0146. The summed E-state index contributed by atoms with van der Waals surface area (Å²) in [6.45, 7) is 5.04. The molecule has 0 saturated heterocycles. The van der Waals surface area contributed by atoms with Crippen LogP contribution in [0.3, 0.4) is 0 Å². The molecule has 76 valence electrons. The van der Waals surface area contributed by atoms with Crippen LogP contribution in [0.1, 0.15) is 19.5 Å². The van der Waals surface area contributed by atoms with Gasteiger partial charge in [0.25, 0.3) is 0 Å². The second-order valence-corrected chi connectivity index (χ2v) is 5.83. The van der Waals surface area contributed by atoms with Gasteiger partial charge < -0.3 is 0 Å². The van der Waals surface area contributed by atoms with Crippen LogP contribution < -0.4 is 0 Å². The smallest absolute Gasteiger partial charge is 0.129 e. The third-order valence-electron chi connectivity index (χ3n) is 2.50. The maximum absolute atomic E-state index is 11.9. The van der Waals surface area contributed by atoms with Gasteiger partial charge in [-0.1, -0.05) is 13.8 Å². The van der Waals surface area contributed by atoms with E-state index in [4.69, 9.17) is 0 Å². The molecule has 0 amide bonds. The van der Waals surface area contributed by atoms with Crippen molar-refractivity contribution in [3.05, 3.63) is 24.0 Å². The maximum atomic E-state index is 11.9. The normalized spacial score (nSPS) is 25.8. The summed E-state index contributed by atoms with van der Waals surface area (Å²) in [4.78, 5) is 5.19. The summed E-state index contributed by atoms with van der Waals surface area (Å²) in [5.74, 6) is 0. The van der Waals surface area contributed by atoms with Gasteiger partial charge in [-0.2, -0.15) is 0 Å². The highest BCUT2D eigenvalue weighted by atomic mass is 32.2. The van der Waals surface area contributed by atoms with Crippen molar-refractivity contribution in [2.45, 2.75) is 24.2 Å². The van der Waals surface area contributed by atoms with Crippen LogP contribution in [0, 0.1) is 0 Å². The highest BCUT2D eigenvalue weighted by Crippen LogP contribution is 2.32. The molecular weight excluding hydrogens is 196 g/mol. The van der Waals surface area contributed by atoms with Crippen LogP contribution in [-0.4, -0.2) is 27.1 Å². The van der Waals surface area contributed by atoms with Crippen molar-refractivity contribution in [2.75, 3.05) is 13.6 Å². The van der Waals surface area contributed by atoms with Gasteiger partial charge in [-0.15, -0.1) is 0 Å². The van der Waals surface area contributed by atoms with Crippen LogP contribution in [0.5, 0.6) is 0 Å². The van der Waals surface area contributed by atoms with Crippen molar-refractivity contribution in [1.82, 2.24) is 9.29 Å². The van der Waals surface area contributed by atoms with Crippen molar-refractivity contribution < 1.29 is 4.21 Å². The summed E-state index contributed by atoms with van der Waals surface area (Å²) in [6, 6.07) is 3.74. The van der Waals surface area contributed by atoms with Gasteiger partial charge in [0.15, 0.2) is 0 Å². The molecule has 1 aliphatic heterocycles. The molecule has 1 aliphatic rings. The molecule has 4 heteroatoms. The molecule has 2 heterocycles. The first-order chi connectivity index (χ1) is 6.52. The number of rotatable bonds is 0. The number of aromatic nitrogens is 1. The summed E-state index contributed by atoms with van der Waals surface area (Å²) < 4.78 is 13.8. The quantitative estimate of drug-likeness (QED) is 0.647. The van der Waals surface area contributed by atoms with Crippen molar-refractivity contribution in [3.8, 4) is 0 Å². The van der Waals surface area contributed by atoms with Crippen LogP contribution in [0.15, 0.2) is 23.2 Å². The second-order valence-electron chi connectivity index (χ2n) is 4.27. The molecule has 0 spiro atoms. The Morgan fingerprint density at radius 2 is 2.29 bits per heavy atom. The zero-order valence-corrected chi connectivity index (χ0v) is 9.47. The molecule has 1 aromatic heterocycles. The van der Waals surface area contributed by atoms with Crippen LogP contribution in [0.2, 0.25) is 0 Å². The van der Waals surface area contributed by atoms with Gasteiger partial charge in [-0.25, -0.2) is 8.51 Å². The van der Waals surface area contributed by atoms with E-state index < -0.39 is 11.0 Å². The molecule has 3 nitrogen and oxygen atoms in total. The summed E-state index contributed by atoms with van der Waals surface area (Å²) in [6.07, 6.45) is 1.77. The molecule has 14 heavy (non-hydrogen) atoms. The Morgan fingerprint density at radius 1 is 1.57 bits per heavy atom. The molecule has 0 saturated carbocycles. The fourth-order valence-electron chi connectivity index (χ4n) is 1.90. The van der Waals surface area contributed by atoms with E-state index in [0.29, 0.717) is 0 Å². The van der Waals surface area contributed by atoms with Crippen molar-refractivity contribution in [1.29, 1.82) is 0 Å². The van der Waals surface area contributed by atoms with E-state index in [2.05, 4.69) is 18.8 Å². The lowest BCUT2D eigenvalue weighted by atomic mass is 9.88. The third kappa shape index (κ3) is 1.38. The Kier molecular flexibility index (Phi) is 2.20. The standard InChI is InChI=1S/C10H14N2OS/c1-10(2)7-12(3)14(13)8-5-4-6-11-9(8)10/h4-6H,7H2,1-3H3. The minimum Gasteiger partial charge on any atom is -0.259 e. The number of fused-ring (bicyclic) bond motifs is 1. The van der Waals surface area contributed by atoms with E-state index in [9.17, 15) is 4.21 Å². The Bertz CT molecular complexity index is 389. The first kappa shape index (κ1) is 9.80. The van der Waals surface area contributed by atoms with E-state index in [0.717, 1.165) is 17.1 Å². The van der Waals surface area contributed by atoms with E-state index >= 15 is 0 Å². The first-order valence-electron chi connectivity index (χ1n) is 4.61. The van der Waals surface area contributed by atoms with E-state index in [1.165, 1.54) is 0 Å². The van der Waals surface area contributed by atoms with Crippen molar-refractivity contribution >= 4 is 11.0 Å². The van der Waals surface area contributed by atoms with Gasteiger partial charge >= 0.3 is 0 Å². The van der Waals surface area contributed by atoms with Gasteiger partial charge in [0.2, 0.25) is 0 Å². The Labute approximate surface area is 86.7 Å². The molecule has 0 N–H and O–H groups in total. The van der Waals surface area contributed by atoms with Gasteiger partial charge in [0, 0.05) is 25.2 Å². The summed E-state index contributed by atoms with van der Waals surface area (Å²) in [5, 5.41) is 0. The van der Waals surface area contributed by atoms with Crippen LogP contribution in [0.4, 0.5) is 0 Å². The van der Waals surface area contributed by atoms with E-state index in [1.54, 1.807) is 6.20 Å². The van der Waals surface area contributed by atoms with Crippen molar-refractivity contribution in [2.24, 2.45) is 0 Å². The SMILES string of the molecule is CN1CC(C)(C)c2ncccc2S1=O. The summed E-state index contributed by atoms with van der Waals surface area (Å²) in [5.41, 5.74) is 0.954. The zero-order chi connectivity index (χ0) is 10.3. The third-order valence-corrected chi connectivity index (χ3v) is 3.90. The predicted molar refractivity (Wildman–Crippen MR) is 56.3 cm³/mol. The van der Waals surface area contributed by atoms with Crippen LogP contribution in [0.25, 0.3) is 0 Å². The fourth-order valence-corrected chi connectivity index (χ4v) is 3.36. The average Bonchev–Trinajstić information content (AvgIpc) is 2.14. The van der Waals surface area contributed by atoms with Crippen LogP contribution >= 0.6 is 0 Å². The Hall–Kier alpha value is -0.740. The van der Waals surface area contributed by atoms with Gasteiger partial charge in [0.1, 0.15) is 11.0 Å².